The summed E-state index contributed by atoms with van der Waals surface area (Å²) in [6, 6.07) is 5.66. The number of aryl methyl sites for hydroxylation is 3. The number of sulfonamides is 1. The van der Waals surface area contributed by atoms with E-state index in [2.05, 4.69) is 17.1 Å². The topological polar surface area (TPSA) is 68.1 Å². The highest BCUT2D eigenvalue weighted by Crippen LogP contribution is 2.29. The van der Waals surface area contributed by atoms with Gasteiger partial charge in [0.1, 0.15) is 12.2 Å². The second-order valence-corrected chi connectivity index (χ2v) is 8.98. The molecule has 1 aromatic carbocycles. The standard InChI is InChI=1S/C18H24N4O2S/c1-2-21-13-19-20-18(21)10-14-8-9-22(12-14)25(23,24)17-7-6-15-4-3-5-16(15)11-17/h6-7,11,13-14H,2-5,8-10,12H2,1H3. The molecule has 6 nitrogen and oxygen atoms in total. The molecule has 1 unspecified atom stereocenters. The van der Waals surface area contributed by atoms with Gasteiger partial charge in [0, 0.05) is 26.1 Å². The molecule has 1 atom stereocenters. The molecule has 7 heteroatoms. The van der Waals surface area contributed by atoms with Gasteiger partial charge in [0.2, 0.25) is 10.0 Å². The van der Waals surface area contributed by atoms with E-state index >= 15 is 0 Å². The van der Waals surface area contributed by atoms with Crippen LogP contribution in [-0.4, -0.2) is 40.6 Å². The van der Waals surface area contributed by atoms with Gasteiger partial charge < -0.3 is 4.57 Å². The highest BCUT2D eigenvalue weighted by Gasteiger charge is 2.33. The van der Waals surface area contributed by atoms with Crippen molar-refractivity contribution in [3.05, 3.63) is 41.5 Å². The van der Waals surface area contributed by atoms with Gasteiger partial charge in [0.05, 0.1) is 4.90 Å². The number of nitrogens with zero attached hydrogens (tertiary/aromatic N) is 4. The molecule has 0 radical (unpaired) electrons. The Bertz CT molecular complexity index is 875. The molecule has 1 aliphatic carbocycles. The maximum atomic E-state index is 13.0. The van der Waals surface area contributed by atoms with Crippen LogP contribution in [0, 0.1) is 5.92 Å². The van der Waals surface area contributed by atoms with E-state index in [1.807, 2.05) is 16.7 Å². The Kier molecular flexibility index (Phi) is 4.37. The fourth-order valence-electron chi connectivity index (χ4n) is 4.00. The van der Waals surface area contributed by atoms with Crippen molar-refractivity contribution in [2.24, 2.45) is 5.92 Å². The van der Waals surface area contributed by atoms with Crippen molar-refractivity contribution >= 4 is 10.0 Å². The van der Waals surface area contributed by atoms with E-state index in [0.29, 0.717) is 23.9 Å². The van der Waals surface area contributed by atoms with Gasteiger partial charge in [-0.3, -0.25) is 0 Å². The predicted molar refractivity (Wildman–Crippen MR) is 94.7 cm³/mol. The average Bonchev–Trinajstić information content (AvgIpc) is 3.35. The molecule has 1 saturated heterocycles. The summed E-state index contributed by atoms with van der Waals surface area (Å²) < 4.78 is 29.7. The first kappa shape index (κ1) is 16.7. The third-order valence-corrected chi connectivity index (χ3v) is 7.33. The average molecular weight is 360 g/mol. The molecular weight excluding hydrogens is 336 g/mol. The zero-order valence-corrected chi connectivity index (χ0v) is 15.4. The van der Waals surface area contributed by atoms with E-state index in [1.165, 1.54) is 11.1 Å². The van der Waals surface area contributed by atoms with Crippen LogP contribution in [0.5, 0.6) is 0 Å². The van der Waals surface area contributed by atoms with Crippen LogP contribution in [0.4, 0.5) is 0 Å². The van der Waals surface area contributed by atoms with E-state index in [9.17, 15) is 8.42 Å². The summed E-state index contributed by atoms with van der Waals surface area (Å²) in [4.78, 5) is 0.450. The summed E-state index contributed by atoms with van der Waals surface area (Å²) in [5.41, 5.74) is 2.50. The monoisotopic (exact) mass is 360 g/mol. The highest BCUT2D eigenvalue weighted by atomic mass is 32.2. The Morgan fingerprint density at radius 2 is 2.08 bits per heavy atom. The minimum Gasteiger partial charge on any atom is -0.318 e. The molecule has 1 aromatic heterocycles. The van der Waals surface area contributed by atoms with Crippen LogP contribution >= 0.6 is 0 Å². The maximum absolute atomic E-state index is 13.0. The predicted octanol–water partition coefficient (Wildman–Crippen LogP) is 2.04. The van der Waals surface area contributed by atoms with Crippen molar-refractivity contribution in [2.45, 2.75) is 50.5 Å². The number of benzene rings is 1. The highest BCUT2D eigenvalue weighted by molar-refractivity contribution is 7.89. The molecule has 25 heavy (non-hydrogen) atoms. The molecule has 134 valence electrons. The van der Waals surface area contributed by atoms with E-state index in [4.69, 9.17) is 0 Å². The largest absolute Gasteiger partial charge is 0.318 e. The molecule has 0 N–H and O–H groups in total. The maximum Gasteiger partial charge on any atom is 0.243 e. The Labute approximate surface area is 148 Å². The lowest BCUT2D eigenvalue weighted by Gasteiger charge is -2.17. The molecule has 0 spiro atoms. The molecule has 1 fully saturated rings. The van der Waals surface area contributed by atoms with Crippen LogP contribution in [0.15, 0.2) is 29.4 Å². The molecular formula is C18H24N4O2S. The van der Waals surface area contributed by atoms with Crippen molar-refractivity contribution in [1.82, 2.24) is 19.1 Å². The molecule has 2 heterocycles. The molecule has 0 amide bonds. The fourth-order valence-corrected chi connectivity index (χ4v) is 5.58. The number of rotatable bonds is 5. The summed E-state index contributed by atoms with van der Waals surface area (Å²) in [5, 5.41) is 8.14. The third-order valence-electron chi connectivity index (χ3n) is 5.46. The summed E-state index contributed by atoms with van der Waals surface area (Å²) in [5.74, 6) is 1.25. The van der Waals surface area contributed by atoms with Gasteiger partial charge in [-0.25, -0.2) is 8.42 Å². The molecule has 2 aliphatic rings. The second-order valence-electron chi connectivity index (χ2n) is 7.04. The third kappa shape index (κ3) is 3.11. The van der Waals surface area contributed by atoms with Gasteiger partial charge in [0.15, 0.2) is 0 Å². The summed E-state index contributed by atoms with van der Waals surface area (Å²) in [6.07, 6.45) is 6.59. The molecule has 0 bridgehead atoms. The molecule has 2 aromatic rings. The lowest BCUT2D eigenvalue weighted by atomic mass is 10.0. The van der Waals surface area contributed by atoms with E-state index < -0.39 is 10.0 Å². The van der Waals surface area contributed by atoms with Gasteiger partial charge in [-0.05, 0) is 61.8 Å². The van der Waals surface area contributed by atoms with Crippen LogP contribution in [0.1, 0.15) is 36.7 Å². The first-order chi connectivity index (χ1) is 12.1. The van der Waals surface area contributed by atoms with Crippen LogP contribution in [0.3, 0.4) is 0 Å². The Morgan fingerprint density at radius 3 is 2.92 bits per heavy atom. The van der Waals surface area contributed by atoms with E-state index in [-0.39, 0.29) is 0 Å². The van der Waals surface area contributed by atoms with Crippen LogP contribution in [-0.2, 0) is 35.8 Å². The van der Waals surface area contributed by atoms with Gasteiger partial charge in [-0.2, -0.15) is 4.31 Å². The Morgan fingerprint density at radius 1 is 1.24 bits per heavy atom. The lowest BCUT2D eigenvalue weighted by Crippen LogP contribution is -2.29. The SMILES string of the molecule is CCn1cnnc1CC1CCN(S(=O)(=O)c2ccc3c(c2)CCC3)C1. The van der Waals surface area contributed by atoms with Crippen molar-refractivity contribution in [3.63, 3.8) is 0 Å². The molecule has 4 rings (SSSR count). The van der Waals surface area contributed by atoms with Crippen molar-refractivity contribution in [1.29, 1.82) is 0 Å². The molecule has 0 saturated carbocycles. The first-order valence-corrected chi connectivity index (χ1v) is 10.5. The Hall–Kier alpha value is -1.73. The lowest BCUT2D eigenvalue weighted by molar-refractivity contribution is 0.450. The smallest absolute Gasteiger partial charge is 0.243 e. The van der Waals surface area contributed by atoms with Gasteiger partial charge in [-0.15, -0.1) is 10.2 Å². The van der Waals surface area contributed by atoms with E-state index in [1.54, 1.807) is 16.7 Å². The van der Waals surface area contributed by atoms with Crippen molar-refractivity contribution in [3.8, 4) is 0 Å². The zero-order valence-electron chi connectivity index (χ0n) is 14.6. The van der Waals surface area contributed by atoms with Crippen LogP contribution < -0.4 is 0 Å². The summed E-state index contributed by atoms with van der Waals surface area (Å²) in [7, 11) is -3.40. The molecule has 1 aliphatic heterocycles. The summed E-state index contributed by atoms with van der Waals surface area (Å²) >= 11 is 0. The minimum absolute atomic E-state index is 0.304. The Balaban J connectivity index is 1.49. The van der Waals surface area contributed by atoms with E-state index in [0.717, 1.165) is 44.5 Å². The summed E-state index contributed by atoms with van der Waals surface area (Å²) in [6.45, 7) is 4.05. The van der Waals surface area contributed by atoms with Gasteiger partial charge in [0.25, 0.3) is 0 Å². The number of hydrogen-bond donors (Lipinski definition) is 0. The van der Waals surface area contributed by atoms with Crippen molar-refractivity contribution < 1.29 is 8.42 Å². The fraction of sp³-hybridized carbons (Fsp3) is 0.556. The first-order valence-electron chi connectivity index (χ1n) is 9.06. The number of fused-ring (bicyclic) bond motifs is 1. The van der Waals surface area contributed by atoms with Crippen LogP contribution in [0.25, 0.3) is 0 Å². The minimum atomic E-state index is -3.40. The second kappa shape index (κ2) is 6.53. The van der Waals surface area contributed by atoms with Gasteiger partial charge >= 0.3 is 0 Å². The van der Waals surface area contributed by atoms with Gasteiger partial charge in [-0.1, -0.05) is 6.07 Å². The quantitative estimate of drug-likeness (QED) is 0.818. The number of aromatic nitrogens is 3. The normalized spacial score (nSPS) is 20.9. The zero-order chi connectivity index (χ0) is 17.4. The number of hydrogen-bond acceptors (Lipinski definition) is 4. The van der Waals surface area contributed by atoms with Crippen LogP contribution in [0.2, 0.25) is 0 Å². The van der Waals surface area contributed by atoms with Crippen molar-refractivity contribution in [2.75, 3.05) is 13.1 Å².